The number of morpholine rings is 1. The molecule has 1 aliphatic carbocycles. The van der Waals surface area contributed by atoms with E-state index in [0.717, 1.165) is 19.3 Å². The van der Waals surface area contributed by atoms with Crippen LogP contribution in [0.2, 0.25) is 5.02 Å². The Labute approximate surface area is 169 Å². The zero-order valence-corrected chi connectivity index (χ0v) is 16.5. The molecule has 1 saturated heterocycles. The molecule has 2 aromatic carbocycles. The Balaban J connectivity index is 1.51. The normalized spacial score (nSPS) is 23.0. The molecule has 1 saturated carbocycles. The van der Waals surface area contributed by atoms with E-state index in [1.54, 1.807) is 6.07 Å². The molecule has 0 spiro atoms. The van der Waals surface area contributed by atoms with Gasteiger partial charge < -0.3 is 15.4 Å². The molecule has 28 heavy (non-hydrogen) atoms. The summed E-state index contributed by atoms with van der Waals surface area (Å²) in [6.45, 7) is 1.93. The molecule has 1 heterocycles. The highest BCUT2D eigenvalue weighted by Crippen LogP contribution is 2.39. The van der Waals surface area contributed by atoms with E-state index in [2.05, 4.69) is 35.8 Å². The number of aryl methyl sites for hydroxylation is 1. The highest BCUT2D eigenvalue weighted by atomic mass is 35.5. The fraction of sp³-hybridized carbons (Fsp3) is 0.364. The van der Waals surface area contributed by atoms with Crippen molar-refractivity contribution in [3.8, 4) is 0 Å². The number of hydrogen-bond acceptors (Lipinski definition) is 3. The smallest absolute Gasteiger partial charge is 0.252 e. The van der Waals surface area contributed by atoms with E-state index in [0.29, 0.717) is 10.6 Å². The van der Waals surface area contributed by atoms with Crippen LogP contribution in [-0.2, 0) is 20.7 Å². The lowest BCUT2D eigenvalue weighted by molar-refractivity contribution is -0.148. The van der Waals surface area contributed by atoms with Crippen LogP contribution in [0.5, 0.6) is 0 Å². The van der Waals surface area contributed by atoms with E-state index in [4.69, 9.17) is 16.3 Å². The summed E-state index contributed by atoms with van der Waals surface area (Å²) in [6.07, 6.45) is 1.84. The first kappa shape index (κ1) is 19.0. The van der Waals surface area contributed by atoms with E-state index in [-0.39, 0.29) is 24.0 Å². The van der Waals surface area contributed by atoms with Gasteiger partial charge in [0, 0.05) is 10.6 Å². The van der Waals surface area contributed by atoms with Gasteiger partial charge in [-0.05, 0) is 43.4 Å². The Kier molecular flexibility index (Phi) is 5.13. The number of nitrogens with one attached hydrogen (secondary N) is 2. The molecule has 2 aliphatic rings. The number of carbonyl (C=O) groups excluding carboxylic acids is 2. The lowest BCUT2D eigenvalue weighted by atomic mass is 9.97. The van der Waals surface area contributed by atoms with Gasteiger partial charge in [0.15, 0.2) is 6.10 Å². The van der Waals surface area contributed by atoms with Gasteiger partial charge in [-0.3, -0.25) is 9.59 Å². The molecular formula is C22H23ClN2O3. The van der Waals surface area contributed by atoms with Crippen molar-refractivity contribution in [3.63, 3.8) is 0 Å². The molecule has 0 aromatic heterocycles. The summed E-state index contributed by atoms with van der Waals surface area (Å²) in [5, 5.41) is 6.54. The van der Waals surface area contributed by atoms with Crippen LogP contribution >= 0.6 is 11.6 Å². The molecule has 2 aromatic rings. The summed E-state index contributed by atoms with van der Waals surface area (Å²) in [7, 11) is 0. The number of benzene rings is 2. The third-order valence-corrected chi connectivity index (χ3v) is 5.72. The van der Waals surface area contributed by atoms with E-state index < -0.39 is 12.1 Å². The third-order valence-electron chi connectivity index (χ3n) is 5.38. The van der Waals surface area contributed by atoms with Gasteiger partial charge in [0.25, 0.3) is 5.91 Å². The van der Waals surface area contributed by atoms with Gasteiger partial charge in [-0.25, -0.2) is 0 Å². The number of carbonyl (C=O) groups is 2. The standard InChI is InChI=1S/C22H23ClN2O3/c1-14-5-4-6-15(11-14)12-22(9-10-22)25-21(27)20-19(24-18(26)13-28-20)16-7-2-3-8-17(16)23/h2-8,11,19-20H,9-10,12-13H2,1H3,(H,24,26)(H,25,27)/t19-,20+/m1/s1. The van der Waals surface area contributed by atoms with Crippen LogP contribution in [0.3, 0.4) is 0 Å². The molecule has 1 aliphatic heterocycles. The molecule has 0 radical (unpaired) electrons. The minimum atomic E-state index is -0.812. The van der Waals surface area contributed by atoms with Crippen molar-refractivity contribution in [3.05, 3.63) is 70.2 Å². The van der Waals surface area contributed by atoms with E-state index >= 15 is 0 Å². The Hall–Kier alpha value is -2.37. The molecular weight excluding hydrogens is 376 g/mol. The summed E-state index contributed by atoms with van der Waals surface area (Å²) in [6, 6.07) is 14.9. The summed E-state index contributed by atoms with van der Waals surface area (Å²) in [4.78, 5) is 25.0. The van der Waals surface area contributed by atoms with Crippen molar-refractivity contribution in [2.24, 2.45) is 0 Å². The second-order valence-electron chi connectivity index (χ2n) is 7.73. The van der Waals surface area contributed by atoms with Gasteiger partial charge in [-0.15, -0.1) is 0 Å². The molecule has 2 atom stereocenters. The maximum atomic E-state index is 13.1. The zero-order chi connectivity index (χ0) is 19.7. The SMILES string of the molecule is Cc1cccc(CC2(NC(=O)[C@H]3OCC(=O)N[C@@H]3c3ccccc3Cl)CC2)c1. The molecule has 0 bridgehead atoms. The lowest BCUT2D eigenvalue weighted by Gasteiger charge is -2.33. The summed E-state index contributed by atoms with van der Waals surface area (Å²) in [5.41, 5.74) is 2.86. The highest BCUT2D eigenvalue weighted by Gasteiger charge is 2.47. The molecule has 2 amide bonds. The second kappa shape index (κ2) is 7.57. The van der Waals surface area contributed by atoms with Crippen LogP contribution in [0.1, 0.15) is 35.6 Å². The fourth-order valence-electron chi connectivity index (χ4n) is 3.79. The van der Waals surface area contributed by atoms with E-state index in [1.165, 1.54) is 11.1 Å². The van der Waals surface area contributed by atoms with Crippen molar-refractivity contribution in [1.29, 1.82) is 0 Å². The lowest BCUT2D eigenvalue weighted by Crippen LogP contribution is -2.54. The van der Waals surface area contributed by atoms with E-state index in [1.807, 2.05) is 24.3 Å². The second-order valence-corrected chi connectivity index (χ2v) is 8.14. The largest absolute Gasteiger partial charge is 0.356 e. The van der Waals surface area contributed by atoms with Crippen molar-refractivity contribution in [2.45, 2.75) is 43.9 Å². The van der Waals surface area contributed by atoms with Gasteiger partial charge >= 0.3 is 0 Å². The minimum absolute atomic E-state index is 0.135. The monoisotopic (exact) mass is 398 g/mol. The maximum Gasteiger partial charge on any atom is 0.252 e. The fourth-order valence-corrected chi connectivity index (χ4v) is 4.04. The van der Waals surface area contributed by atoms with Crippen LogP contribution in [0.15, 0.2) is 48.5 Å². The predicted octanol–water partition coefficient (Wildman–Crippen LogP) is 3.10. The van der Waals surface area contributed by atoms with Crippen molar-refractivity contribution < 1.29 is 14.3 Å². The summed E-state index contributed by atoms with van der Waals surface area (Å²) >= 11 is 6.30. The summed E-state index contributed by atoms with van der Waals surface area (Å²) in [5.74, 6) is -0.468. The van der Waals surface area contributed by atoms with E-state index in [9.17, 15) is 9.59 Å². The number of rotatable bonds is 5. The average molecular weight is 399 g/mol. The van der Waals surface area contributed by atoms with Crippen LogP contribution in [0.25, 0.3) is 0 Å². The van der Waals surface area contributed by atoms with Gasteiger partial charge in [-0.2, -0.15) is 0 Å². The Bertz CT molecular complexity index is 910. The topological polar surface area (TPSA) is 67.4 Å². The maximum absolute atomic E-state index is 13.1. The van der Waals surface area contributed by atoms with Gasteiger partial charge in [-0.1, -0.05) is 59.6 Å². The number of halogens is 1. The van der Waals surface area contributed by atoms with Crippen LogP contribution < -0.4 is 10.6 Å². The molecule has 2 fully saturated rings. The van der Waals surface area contributed by atoms with Crippen molar-refractivity contribution in [1.82, 2.24) is 10.6 Å². The summed E-state index contributed by atoms with van der Waals surface area (Å²) < 4.78 is 5.63. The number of amides is 2. The van der Waals surface area contributed by atoms with Crippen LogP contribution in [0, 0.1) is 6.92 Å². The number of ether oxygens (including phenoxy) is 1. The molecule has 0 unspecified atom stereocenters. The molecule has 146 valence electrons. The van der Waals surface area contributed by atoms with Gasteiger partial charge in [0.2, 0.25) is 5.91 Å². The number of hydrogen-bond donors (Lipinski definition) is 2. The predicted molar refractivity (Wildman–Crippen MR) is 107 cm³/mol. The van der Waals surface area contributed by atoms with Crippen molar-refractivity contribution >= 4 is 23.4 Å². The van der Waals surface area contributed by atoms with Crippen molar-refractivity contribution in [2.75, 3.05) is 6.61 Å². The third kappa shape index (κ3) is 4.05. The first-order chi connectivity index (χ1) is 13.5. The first-order valence-electron chi connectivity index (χ1n) is 9.49. The highest BCUT2D eigenvalue weighted by molar-refractivity contribution is 6.31. The molecule has 5 nitrogen and oxygen atoms in total. The quantitative estimate of drug-likeness (QED) is 0.813. The van der Waals surface area contributed by atoms with Gasteiger partial charge in [0.1, 0.15) is 6.61 Å². The minimum Gasteiger partial charge on any atom is -0.356 e. The zero-order valence-electron chi connectivity index (χ0n) is 15.7. The first-order valence-corrected chi connectivity index (χ1v) is 9.87. The van der Waals surface area contributed by atoms with Crippen LogP contribution in [-0.4, -0.2) is 30.1 Å². The molecule has 4 rings (SSSR count). The molecule has 6 heteroatoms. The Morgan fingerprint density at radius 3 is 2.75 bits per heavy atom. The Morgan fingerprint density at radius 1 is 1.25 bits per heavy atom. The average Bonchev–Trinajstić information content (AvgIpc) is 3.40. The molecule has 2 N–H and O–H groups in total. The Morgan fingerprint density at radius 2 is 2.04 bits per heavy atom. The van der Waals surface area contributed by atoms with Crippen LogP contribution in [0.4, 0.5) is 0 Å². The van der Waals surface area contributed by atoms with Gasteiger partial charge in [0.05, 0.1) is 6.04 Å².